The van der Waals surface area contributed by atoms with Crippen molar-refractivity contribution in [1.82, 2.24) is 0 Å². The van der Waals surface area contributed by atoms with Crippen LogP contribution in [0.4, 0.5) is 15.8 Å². The molecular formula is C15H14FIN2O2. The Hall–Kier alpha value is -1.83. The summed E-state index contributed by atoms with van der Waals surface area (Å²) in [7, 11) is 0. The molecule has 2 aromatic carbocycles. The molecule has 0 saturated carbocycles. The number of anilines is 2. The topological polar surface area (TPSA) is 64.3 Å². The van der Waals surface area contributed by atoms with Crippen LogP contribution in [0.25, 0.3) is 0 Å². The van der Waals surface area contributed by atoms with Crippen molar-refractivity contribution >= 4 is 39.9 Å². The van der Waals surface area contributed by atoms with Gasteiger partial charge in [0.15, 0.2) is 0 Å². The number of nitrogens with one attached hydrogen (secondary N) is 1. The molecule has 110 valence electrons. The van der Waals surface area contributed by atoms with Crippen molar-refractivity contribution in [3.8, 4) is 5.75 Å². The molecule has 6 heteroatoms. The SMILES string of the molecule is Nc1cc(F)ccc1NC(=O)CCOc1cccc(I)c1. The zero-order valence-electron chi connectivity index (χ0n) is 11.1. The van der Waals surface area contributed by atoms with Gasteiger partial charge < -0.3 is 15.8 Å². The molecule has 0 spiro atoms. The number of halogens is 2. The van der Waals surface area contributed by atoms with E-state index in [1.165, 1.54) is 12.1 Å². The summed E-state index contributed by atoms with van der Waals surface area (Å²) < 4.78 is 19.4. The molecule has 0 radical (unpaired) electrons. The second kappa shape index (κ2) is 7.26. The van der Waals surface area contributed by atoms with E-state index in [0.717, 1.165) is 15.4 Å². The fraction of sp³-hybridized carbons (Fsp3) is 0.133. The number of carbonyl (C=O) groups excluding carboxylic acids is 1. The van der Waals surface area contributed by atoms with Gasteiger partial charge in [0.25, 0.3) is 0 Å². The molecule has 0 aliphatic heterocycles. The van der Waals surface area contributed by atoms with Gasteiger partial charge in [-0.3, -0.25) is 4.79 Å². The van der Waals surface area contributed by atoms with Crippen molar-refractivity contribution < 1.29 is 13.9 Å². The first-order valence-corrected chi connectivity index (χ1v) is 7.36. The summed E-state index contributed by atoms with van der Waals surface area (Å²) in [6, 6.07) is 11.4. The molecule has 0 unspecified atom stereocenters. The normalized spacial score (nSPS) is 10.2. The number of benzene rings is 2. The Kier molecular flexibility index (Phi) is 5.38. The van der Waals surface area contributed by atoms with E-state index < -0.39 is 5.82 Å². The van der Waals surface area contributed by atoms with Crippen molar-refractivity contribution in [2.75, 3.05) is 17.7 Å². The summed E-state index contributed by atoms with van der Waals surface area (Å²) in [5.41, 5.74) is 6.21. The molecule has 2 aromatic rings. The minimum absolute atomic E-state index is 0.183. The Morgan fingerprint density at radius 2 is 2.10 bits per heavy atom. The van der Waals surface area contributed by atoms with Crippen LogP contribution in [0.5, 0.6) is 5.75 Å². The van der Waals surface area contributed by atoms with E-state index >= 15 is 0 Å². The van der Waals surface area contributed by atoms with Crippen LogP contribution in [0.1, 0.15) is 6.42 Å². The number of amides is 1. The summed E-state index contributed by atoms with van der Waals surface area (Å²) in [5, 5.41) is 2.62. The monoisotopic (exact) mass is 400 g/mol. The van der Waals surface area contributed by atoms with Gasteiger partial charge in [0.2, 0.25) is 5.91 Å². The van der Waals surface area contributed by atoms with Gasteiger partial charge in [-0.15, -0.1) is 0 Å². The Bertz CT molecular complexity index is 649. The van der Waals surface area contributed by atoms with Gasteiger partial charge in [0.1, 0.15) is 11.6 Å². The first kappa shape index (κ1) is 15.6. The zero-order valence-corrected chi connectivity index (χ0v) is 13.3. The fourth-order valence-electron chi connectivity index (χ4n) is 1.68. The summed E-state index contributed by atoms with van der Waals surface area (Å²) >= 11 is 2.19. The Labute approximate surface area is 135 Å². The van der Waals surface area contributed by atoms with E-state index in [-0.39, 0.29) is 24.6 Å². The van der Waals surface area contributed by atoms with Crippen molar-refractivity contribution in [2.24, 2.45) is 0 Å². The van der Waals surface area contributed by atoms with E-state index in [1.54, 1.807) is 0 Å². The van der Waals surface area contributed by atoms with E-state index in [4.69, 9.17) is 10.5 Å². The largest absolute Gasteiger partial charge is 0.493 e. The van der Waals surface area contributed by atoms with Crippen LogP contribution in [0, 0.1) is 9.39 Å². The standard InChI is InChI=1S/C15H14FIN2O2/c16-10-4-5-14(13(18)8-10)19-15(20)6-7-21-12-3-1-2-11(17)9-12/h1-5,8-9H,6-7,18H2,(H,19,20). The molecule has 0 aliphatic carbocycles. The molecule has 1 amide bonds. The number of hydrogen-bond donors (Lipinski definition) is 2. The molecule has 3 N–H and O–H groups in total. The number of carbonyl (C=O) groups is 1. The van der Waals surface area contributed by atoms with Gasteiger partial charge in [-0.05, 0) is 59.0 Å². The molecule has 0 fully saturated rings. The maximum absolute atomic E-state index is 12.9. The summed E-state index contributed by atoms with van der Waals surface area (Å²) in [6.07, 6.45) is 0.183. The van der Waals surface area contributed by atoms with E-state index in [1.807, 2.05) is 24.3 Å². The van der Waals surface area contributed by atoms with Crippen molar-refractivity contribution in [3.63, 3.8) is 0 Å². The van der Waals surface area contributed by atoms with E-state index in [2.05, 4.69) is 27.9 Å². The van der Waals surface area contributed by atoms with Crippen molar-refractivity contribution in [2.45, 2.75) is 6.42 Å². The number of nitrogens with two attached hydrogens (primary N) is 1. The fourth-order valence-corrected chi connectivity index (χ4v) is 2.19. The first-order chi connectivity index (χ1) is 10.0. The molecule has 0 aromatic heterocycles. The third kappa shape index (κ3) is 4.89. The van der Waals surface area contributed by atoms with Crippen LogP contribution in [-0.4, -0.2) is 12.5 Å². The summed E-state index contributed by atoms with van der Waals surface area (Å²) in [5.74, 6) is 0.0439. The highest BCUT2D eigenvalue weighted by Crippen LogP contribution is 2.19. The molecule has 0 bridgehead atoms. The lowest BCUT2D eigenvalue weighted by Crippen LogP contribution is -2.16. The third-order valence-corrected chi connectivity index (χ3v) is 3.35. The maximum atomic E-state index is 12.9. The second-order valence-corrected chi connectivity index (χ2v) is 5.58. The lowest BCUT2D eigenvalue weighted by molar-refractivity contribution is -0.116. The van der Waals surface area contributed by atoms with Crippen LogP contribution >= 0.6 is 22.6 Å². The van der Waals surface area contributed by atoms with Gasteiger partial charge in [0, 0.05) is 3.57 Å². The van der Waals surface area contributed by atoms with Crippen LogP contribution in [0.3, 0.4) is 0 Å². The van der Waals surface area contributed by atoms with Crippen molar-refractivity contribution in [3.05, 3.63) is 51.9 Å². The van der Waals surface area contributed by atoms with E-state index in [0.29, 0.717) is 5.69 Å². The average molecular weight is 400 g/mol. The van der Waals surface area contributed by atoms with Crippen LogP contribution in [0.2, 0.25) is 0 Å². The maximum Gasteiger partial charge on any atom is 0.227 e. The Morgan fingerprint density at radius 1 is 1.29 bits per heavy atom. The smallest absolute Gasteiger partial charge is 0.227 e. The molecule has 0 aliphatic rings. The van der Waals surface area contributed by atoms with Gasteiger partial charge >= 0.3 is 0 Å². The van der Waals surface area contributed by atoms with Crippen LogP contribution in [-0.2, 0) is 4.79 Å². The molecule has 21 heavy (non-hydrogen) atoms. The van der Waals surface area contributed by atoms with Crippen molar-refractivity contribution in [1.29, 1.82) is 0 Å². The highest BCUT2D eigenvalue weighted by molar-refractivity contribution is 14.1. The molecule has 0 saturated heterocycles. The van der Waals surface area contributed by atoms with Gasteiger partial charge in [-0.2, -0.15) is 0 Å². The molecule has 0 heterocycles. The predicted molar refractivity (Wildman–Crippen MR) is 88.7 cm³/mol. The summed E-state index contributed by atoms with van der Waals surface area (Å²) in [6.45, 7) is 0.257. The third-order valence-electron chi connectivity index (χ3n) is 2.68. The highest BCUT2D eigenvalue weighted by Gasteiger charge is 2.06. The molecular weight excluding hydrogens is 386 g/mol. The number of rotatable bonds is 5. The minimum atomic E-state index is -0.437. The van der Waals surface area contributed by atoms with E-state index in [9.17, 15) is 9.18 Å². The molecule has 0 atom stereocenters. The zero-order chi connectivity index (χ0) is 15.2. The highest BCUT2D eigenvalue weighted by atomic mass is 127. The van der Waals surface area contributed by atoms with Gasteiger partial charge in [0.05, 0.1) is 24.4 Å². The Balaban J connectivity index is 1.82. The Morgan fingerprint density at radius 3 is 2.81 bits per heavy atom. The number of nitrogen functional groups attached to an aromatic ring is 1. The summed E-state index contributed by atoms with van der Waals surface area (Å²) in [4.78, 5) is 11.8. The average Bonchev–Trinajstić information content (AvgIpc) is 2.42. The van der Waals surface area contributed by atoms with Gasteiger partial charge in [-0.1, -0.05) is 6.07 Å². The predicted octanol–water partition coefficient (Wildman–Crippen LogP) is 3.42. The minimum Gasteiger partial charge on any atom is -0.493 e. The van der Waals surface area contributed by atoms with Crippen LogP contribution in [0.15, 0.2) is 42.5 Å². The lowest BCUT2D eigenvalue weighted by Gasteiger charge is -2.09. The quantitative estimate of drug-likeness (QED) is 0.597. The second-order valence-electron chi connectivity index (χ2n) is 4.34. The molecule has 2 rings (SSSR count). The molecule has 4 nitrogen and oxygen atoms in total. The van der Waals surface area contributed by atoms with Gasteiger partial charge in [-0.25, -0.2) is 4.39 Å². The number of hydrogen-bond acceptors (Lipinski definition) is 3. The first-order valence-electron chi connectivity index (χ1n) is 6.28. The lowest BCUT2D eigenvalue weighted by atomic mass is 10.2. The number of ether oxygens (including phenoxy) is 1. The van der Waals surface area contributed by atoms with Crippen LogP contribution < -0.4 is 15.8 Å².